The Labute approximate surface area is 245 Å². The van der Waals surface area contributed by atoms with Gasteiger partial charge in [-0.1, -0.05) is 45.4 Å². The van der Waals surface area contributed by atoms with Gasteiger partial charge in [-0.25, -0.2) is 0 Å². The molecule has 5 rings (SSSR count). The van der Waals surface area contributed by atoms with E-state index in [1.165, 1.54) is 5.57 Å². The van der Waals surface area contributed by atoms with Crippen molar-refractivity contribution in [2.45, 2.75) is 59.0 Å². The largest absolute Gasteiger partial charge is 0.508 e. The lowest BCUT2D eigenvalue weighted by Gasteiger charge is -2.50. The minimum absolute atomic E-state index is 0.0920. The molecule has 4 aliphatic carbocycles. The Morgan fingerprint density at radius 3 is 2.36 bits per heavy atom. The maximum absolute atomic E-state index is 14.2. The number of anilines is 1. The molecule has 0 unspecified atom stereocenters. The van der Waals surface area contributed by atoms with Crippen molar-refractivity contribution in [2.24, 2.45) is 35.3 Å². The quantitative estimate of drug-likeness (QED) is 0.316. The number of nitrogens with zero attached hydrogens (tertiary/aromatic N) is 1. The number of allylic oxidation sites excluding steroid dienone is 4. The molecule has 0 bridgehead atoms. The number of carbonyl (C=O) groups excluding carboxylic acids is 3. The summed E-state index contributed by atoms with van der Waals surface area (Å²) in [6.07, 6.45) is 5.94. The van der Waals surface area contributed by atoms with Gasteiger partial charge in [-0.05, 0) is 60.6 Å². The van der Waals surface area contributed by atoms with Crippen molar-refractivity contribution in [1.82, 2.24) is 0 Å². The van der Waals surface area contributed by atoms with E-state index in [2.05, 4.69) is 19.9 Å². The van der Waals surface area contributed by atoms with E-state index in [9.17, 15) is 34.8 Å². The number of hydrogen-bond donors (Lipinski definition) is 5. The van der Waals surface area contributed by atoms with Gasteiger partial charge in [0.15, 0.2) is 11.4 Å². The lowest BCUT2D eigenvalue weighted by Crippen LogP contribution is -2.62. The van der Waals surface area contributed by atoms with Crippen LogP contribution in [0.15, 0.2) is 40.7 Å². The van der Waals surface area contributed by atoms with Crippen LogP contribution in [0.5, 0.6) is 5.75 Å². The second kappa shape index (κ2) is 10.2. The summed E-state index contributed by atoms with van der Waals surface area (Å²) in [5.41, 5.74) is 6.10. The standard InChI is InChI=1S/C33H40N2O7/c1-14(2)9-16-7-8-17(10-16)19-13-22(35(5)6)20-11-18-12-21-23(15(3)4)28(37)26(32(34)41)31(40)33(21,42)30(39)24(18)29(38)25(20)27(19)36/h7-8,13-15,18,21,23,36,38,40,42H,9-12H2,1-6H3,(H2,34,41)/t18-,21-,23-,33-/m0/s1. The van der Waals surface area contributed by atoms with E-state index in [0.29, 0.717) is 23.5 Å². The number of phenols is 1. The van der Waals surface area contributed by atoms with Crippen LogP contribution in [0, 0.1) is 29.6 Å². The third kappa shape index (κ3) is 4.20. The summed E-state index contributed by atoms with van der Waals surface area (Å²) in [6.45, 7) is 7.78. The zero-order valence-corrected chi connectivity index (χ0v) is 25.0. The molecule has 6 N–H and O–H groups in total. The average molecular weight is 577 g/mol. The van der Waals surface area contributed by atoms with E-state index in [4.69, 9.17) is 5.73 Å². The highest BCUT2D eigenvalue weighted by Gasteiger charge is 2.64. The molecule has 4 atom stereocenters. The summed E-state index contributed by atoms with van der Waals surface area (Å²) in [7, 11) is 3.73. The zero-order chi connectivity index (χ0) is 31.0. The van der Waals surface area contributed by atoms with Crippen LogP contribution in [0.1, 0.15) is 63.6 Å². The Kier molecular flexibility index (Phi) is 7.16. The maximum atomic E-state index is 14.2. The molecule has 224 valence electrons. The fraction of sp³-hybridized carbons (Fsp3) is 0.485. The molecule has 0 radical (unpaired) electrons. The van der Waals surface area contributed by atoms with Gasteiger partial charge in [0.25, 0.3) is 5.91 Å². The fourth-order valence-electron chi connectivity index (χ4n) is 7.61. The predicted molar refractivity (Wildman–Crippen MR) is 160 cm³/mol. The number of aliphatic hydroxyl groups excluding tert-OH is 2. The van der Waals surface area contributed by atoms with E-state index >= 15 is 0 Å². The van der Waals surface area contributed by atoms with E-state index < -0.39 is 57.9 Å². The Morgan fingerprint density at radius 2 is 1.79 bits per heavy atom. The number of primary amides is 1. The number of fused-ring (bicyclic) bond motifs is 3. The van der Waals surface area contributed by atoms with E-state index in [1.807, 2.05) is 31.1 Å². The predicted octanol–water partition coefficient (Wildman–Crippen LogP) is 4.13. The Balaban J connectivity index is 1.69. The number of rotatable bonds is 6. The fourth-order valence-corrected chi connectivity index (χ4v) is 7.61. The second-order valence-corrected chi connectivity index (χ2v) is 13.2. The van der Waals surface area contributed by atoms with Crippen molar-refractivity contribution in [1.29, 1.82) is 0 Å². The van der Waals surface area contributed by atoms with E-state index in [1.54, 1.807) is 13.8 Å². The third-order valence-corrected chi connectivity index (χ3v) is 9.38. The number of carbonyl (C=O) groups is 3. The summed E-state index contributed by atoms with van der Waals surface area (Å²) < 4.78 is 0. The number of amides is 1. The van der Waals surface area contributed by atoms with Crippen molar-refractivity contribution in [3.63, 3.8) is 0 Å². The van der Waals surface area contributed by atoms with Crippen molar-refractivity contribution in [3.8, 4) is 5.75 Å². The van der Waals surface area contributed by atoms with Gasteiger partial charge in [0.05, 0.1) is 5.56 Å². The number of benzene rings is 1. The van der Waals surface area contributed by atoms with Gasteiger partial charge in [-0.15, -0.1) is 0 Å². The van der Waals surface area contributed by atoms with Gasteiger partial charge >= 0.3 is 0 Å². The van der Waals surface area contributed by atoms with Crippen molar-refractivity contribution in [3.05, 3.63) is 57.4 Å². The first-order valence-corrected chi connectivity index (χ1v) is 14.5. The summed E-state index contributed by atoms with van der Waals surface area (Å²) in [5, 5.41) is 46.3. The first-order valence-electron chi connectivity index (χ1n) is 14.5. The van der Waals surface area contributed by atoms with Crippen LogP contribution in [0.3, 0.4) is 0 Å². The number of ketones is 2. The molecule has 1 aromatic carbocycles. The Morgan fingerprint density at radius 1 is 1.12 bits per heavy atom. The van der Waals surface area contributed by atoms with Gasteiger partial charge in [0, 0.05) is 42.8 Å². The van der Waals surface area contributed by atoms with Gasteiger partial charge in [-0.3, -0.25) is 14.4 Å². The highest BCUT2D eigenvalue weighted by Crippen LogP contribution is 2.56. The molecule has 4 aliphatic rings. The van der Waals surface area contributed by atoms with Crippen molar-refractivity contribution < 1.29 is 34.8 Å². The smallest absolute Gasteiger partial charge is 0.255 e. The monoisotopic (exact) mass is 576 g/mol. The molecule has 0 aliphatic heterocycles. The van der Waals surface area contributed by atoms with Crippen LogP contribution < -0.4 is 10.6 Å². The molecule has 1 saturated carbocycles. The minimum Gasteiger partial charge on any atom is -0.508 e. The molecule has 0 heterocycles. The number of aliphatic hydroxyl groups is 3. The topological polar surface area (TPSA) is 161 Å². The molecule has 0 spiro atoms. The molecule has 1 aromatic rings. The molecular formula is C33H40N2O7. The lowest BCUT2D eigenvalue weighted by atomic mass is 9.54. The van der Waals surface area contributed by atoms with Crippen LogP contribution in [-0.4, -0.2) is 57.6 Å². The lowest BCUT2D eigenvalue weighted by molar-refractivity contribution is -0.155. The van der Waals surface area contributed by atoms with Gasteiger partial charge in [-0.2, -0.15) is 0 Å². The molecule has 9 heteroatoms. The minimum atomic E-state index is -2.62. The summed E-state index contributed by atoms with van der Waals surface area (Å²) in [6, 6.07) is 1.90. The Hall–Kier alpha value is -3.85. The highest BCUT2D eigenvalue weighted by atomic mass is 16.3. The van der Waals surface area contributed by atoms with Crippen molar-refractivity contribution in [2.75, 3.05) is 19.0 Å². The molecule has 1 amide bonds. The van der Waals surface area contributed by atoms with Gasteiger partial charge in [0.1, 0.15) is 22.8 Å². The van der Waals surface area contributed by atoms with Crippen LogP contribution in [-0.2, 0) is 20.8 Å². The average Bonchev–Trinajstić information content (AvgIpc) is 3.33. The zero-order valence-electron chi connectivity index (χ0n) is 25.0. The first-order chi connectivity index (χ1) is 19.6. The van der Waals surface area contributed by atoms with Crippen LogP contribution in [0.25, 0.3) is 11.3 Å². The van der Waals surface area contributed by atoms with Crippen molar-refractivity contribution >= 4 is 34.5 Å². The van der Waals surface area contributed by atoms with Crippen LogP contribution in [0.4, 0.5) is 5.69 Å². The number of hydrogen-bond acceptors (Lipinski definition) is 8. The van der Waals surface area contributed by atoms with Gasteiger partial charge < -0.3 is 31.1 Å². The SMILES string of the molecule is CC(C)CC1=CC=C(c2cc(N(C)C)c3c(c2O)C(O)=C2C(=O)[C@]4(O)C(O)=C(C(N)=O)C(=O)[C@@H](C(C)C)[C@@H]4C[C@@H]2C3)C1. The van der Waals surface area contributed by atoms with Crippen LogP contribution in [0.2, 0.25) is 0 Å². The normalized spacial score (nSPS) is 27.2. The maximum Gasteiger partial charge on any atom is 0.255 e. The van der Waals surface area contributed by atoms with Gasteiger partial charge in [0.2, 0.25) is 5.78 Å². The molecule has 42 heavy (non-hydrogen) atoms. The Bertz CT molecular complexity index is 1540. The number of nitrogens with two attached hydrogens (primary N) is 1. The number of Topliss-reactive ketones (excluding diaryl/α,β-unsaturated/α-hetero) is 2. The first kappa shape index (κ1) is 29.6. The highest BCUT2D eigenvalue weighted by molar-refractivity contribution is 6.23. The molecule has 0 aromatic heterocycles. The van der Waals surface area contributed by atoms with Crippen LogP contribution >= 0.6 is 0 Å². The molecular weight excluding hydrogens is 536 g/mol. The summed E-state index contributed by atoms with van der Waals surface area (Å²) in [5.74, 6) is -7.10. The van der Waals surface area contributed by atoms with E-state index in [0.717, 1.165) is 17.7 Å². The molecule has 1 fully saturated rings. The third-order valence-electron chi connectivity index (χ3n) is 9.38. The molecule has 9 nitrogen and oxygen atoms in total. The number of aromatic hydroxyl groups is 1. The molecule has 0 saturated heterocycles. The second-order valence-electron chi connectivity index (χ2n) is 13.2. The summed E-state index contributed by atoms with van der Waals surface area (Å²) in [4.78, 5) is 41.6. The number of phenolic OH excluding ortho intramolecular Hbond substituents is 1. The van der Waals surface area contributed by atoms with E-state index in [-0.39, 0.29) is 35.6 Å². The summed E-state index contributed by atoms with van der Waals surface area (Å²) >= 11 is 0.